The number of benzene rings is 1. The van der Waals surface area contributed by atoms with Crippen molar-refractivity contribution in [1.82, 2.24) is 4.90 Å². The van der Waals surface area contributed by atoms with Crippen LogP contribution in [0.1, 0.15) is 17.2 Å². The molecule has 2 nitrogen and oxygen atoms in total. The molecule has 0 saturated carbocycles. The average molecular weight is 246 g/mol. The Labute approximate surface area is 102 Å². The van der Waals surface area contributed by atoms with E-state index in [2.05, 4.69) is 0 Å². The van der Waals surface area contributed by atoms with Crippen molar-refractivity contribution < 1.29 is 9.13 Å². The lowest BCUT2D eigenvalue weighted by molar-refractivity contribution is 0.0228. The van der Waals surface area contributed by atoms with Gasteiger partial charge in [0.2, 0.25) is 0 Å². The van der Waals surface area contributed by atoms with Crippen molar-refractivity contribution in [3.05, 3.63) is 35.1 Å². The summed E-state index contributed by atoms with van der Waals surface area (Å²) in [6, 6.07) is 5.27. The fourth-order valence-electron chi connectivity index (χ4n) is 2.03. The molecule has 0 aliphatic carbocycles. The van der Waals surface area contributed by atoms with Crippen molar-refractivity contribution in [1.29, 1.82) is 0 Å². The van der Waals surface area contributed by atoms with Gasteiger partial charge < -0.3 is 9.64 Å². The number of ether oxygens (including phenoxy) is 1. The van der Waals surface area contributed by atoms with Crippen molar-refractivity contribution in [2.45, 2.75) is 12.5 Å². The monoisotopic (exact) mass is 245 g/mol. The van der Waals surface area contributed by atoms with E-state index < -0.39 is 0 Å². The van der Waals surface area contributed by atoms with E-state index in [4.69, 9.17) is 4.74 Å². The Morgan fingerprint density at radius 1 is 1.44 bits per heavy atom. The summed E-state index contributed by atoms with van der Waals surface area (Å²) >= 11 is 0. The predicted molar refractivity (Wildman–Crippen MR) is 64.6 cm³/mol. The molecule has 0 amide bonds. The Bertz CT molecular complexity index is 357. The maximum absolute atomic E-state index is 13.7. The molecule has 0 spiro atoms. The van der Waals surface area contributed by atoms with E-state index in [1.54, 1.807) is 6.07 Å². The van der Waals surface area contributed by atoms with Gasteiger partial charge in [0, 0.05) is 12.1 Å². The van der Waals surface area contributed by atoms with Gasteiger partial charge in [0.1, 0.15) is 5.82 Å². The van der Waals surface area contributed by atoms with Crippen molar-refractivity contribution >= 4 is 12.4 Å². The van der Waals surface area contributed by atoms with Crippen LogP contribution in [0.3, 0.4) is 0 Å². The van der Waals surface area contributed by atoms with Crippen LogP contribution in [-0.4, -0.2) is 32.1 Å². The Balaban J connectivity index is 0.00000128. The first-order valence-corrected chi connectivity index (χ1v) is 5.22. The van der Waals surface area contributed by atoms with Crippen LogP contribution in [0.4, 0.5) is 4.39 Å². The van der Waals surface area contributed by atoms with Gasteiger partial charge in [-0.3, -0.25) is 0 Å². The lowest BCUT2D eigenvalue weighted by atomic mass is 9.97. The van der Waals surface area contributed by atoms with Gasteiger partial charge >= 0.3 is 0 Å². The zero-order valence-electron chi connectivity index (χ0n) is 9.57. The van der Waals surface area contributed by atoms with Gasteiger partial charge in [-0.15, -0.1) is 12.4 Å². The molecule has 0 saturated heterocycles. The van der Waals surface area contributed by atoms with Crippen LogP contribution in [-0.2, 0) is 11.2 Å². The highest BCUT2D eigenvalue weighted by molar-refractivity contribution is 5.85. The summed E-state index contributed by atoms with van der Waals surface area (Å²) in [6.07, 6.45) is 0.696. The van der Waals surface area contributed by atoms with Crippen molar-refractivity contribution in [3.8, 4) is 0 Å². The van der Waals surface area contributed by atoms with E-state index in [-0.39, 0.29) is 24.3 Å². The normalized spacial score (nSPS) is 19.1. The highest BCUT2D eigenvalue weighted by Crippen LogP contribution is 2.29. The highest BCUT2D eigenvalue weighted by Gasteiger charge is 2.24. The molecule has 90 valence electrons. The topological polar surface area (TPSA) is 12.5 Å². The summed E-state index contributed by atoms with van der Waals surface area (Å²) in [4.78, 5) is 2.02. The second-order valence-electron chi connectivity index (χ2n) is 4.18. The zero-order chi connectivity index (χ0) is 10.8. The lowest BCUT2D eigenvalue weighted by Gasteiger charge is -2.28. The molecule has 4 heteroatoms. The van der Waals surface area contributed by atoms with Crippen LogP contribution in [0.15, 0.2) is 18.2 Å². The fraction of sp³-hybridized carbons (Fsp3) is 0.500. The minimum absolute atomic E-state index is 0. The second kappa shape index (κ2) is 5.62. The maximum Gasteiger partial charge on any atom is 0.129 e. The summed E-state index contributed by atoms with van der Waals surface area (Å²) in [5, 5.41) is 0. The average Bonchev–Trinajstić information content (AvgIpc) is 2.17. The molecule has 0 radical (unpaired) electrons. The van der Waals surface area contributed by atoms with E-state index in [1.165, 1.54) is 6.07 Å². The number of hydrogen-bond donors (Lipinski definition) is 0. The van der Waals surface area contributed by atoms with Gasteiger partial charge in [-0.25, -0.2) is 4.39 Å². The zero-order valence-corrected chi connectivity index (χ0v) is 10.4. The minimum Gasteiger partial charge on any atom is -0.372 e. The number of fused-ring (bicyclic) bond motifs is 1. The molecule has 0 aromatic heterocycles. The third kappa shape index (κ3) is 2.73. The first-order valence-electron chi connectivity index (χ1n) is 5.22. The van der Waals surface area contributed by atoms with Gasteiger partial charge in [-0.2, -0.15) is 0 Å². The summed E-state index contributed by atoms with van der Waals surface area (Å²) < 4.78 is 19.3. The SMILES string of the molecule is CN(C)C[C@@H]1OCCc2cccc(F)c21.Cl. The van der Waals surface area contributed by atoms with Gasteiger partial charge in [-0.05, 0) is 32.1 Å². The first-order chi connectivity index (χ1) is 7.18. The summed E-state index contributed by atoms with van der Waals surface area (Å²) in [6.45, 7) is 1.42. The largest absolute Gasteiger partial charge is 0.372 e. The van der Waals surface area contributed by atoms with Gasteiger partial charge in [0.05, 0.1) is 12.7 Å². The number of halogens is 2. The molecule has 2 rings (SSSR count). The van der Waals surface area contributed by atoms with E-state index in [0.29, 0.717) is 6.61 Å². The Kier molecular flexibility index (Phi) is 4.71. The van der Waals surface area contributed by atoms with Crippen LogP contribution in [0.2, 0.25) is 0 Å². The van der Waals surface area contributed by atoms with Crippen molar-refractivity contribution in [2.75, 3.05) is 27.2 Å². The molecule has 1 aromatic rings. The quantitative estimate of drug-likeness (QED) is 0.794. The number of nitrogens with zero attached hydrogens (tertiary/aromatic N) is 1. The molecule has 1 aliphatic heterocycles. The molecule has 1 heterocycles. The molecular weight excluding hydrogens is 229 g/mol. The Hall–Kier alpha value is -0.640. The Morgan fingerprint density at radius 3 is 2.88 bits per heavy atom. The molecule has 1 aromatic carbocycles. The summed E-state index contributed by atoms with van der Waals surface area (Å²) in [5.74, 6) is -0.140. The van der Waals surface area contributed by atoms with E-state index >= 15 is 0 Å². The number of hydrogen-bond acceptors (Lipinski definition) is 2. The van der Waals surface area contributed by atoms with Crippen LogP contribution in [0.5, 0.6) is 0 Å². The molecular formula is C12H17ClFNO. The molecule has 0 N–H and O–H groups in total. The van der Waals surface area contributed by atoms with E-state index in [9.17, 15) is 4.39 Å². The first kappa shape index (κ1) is 13.4. The maximum atomic E-state index is 13.7. The molecule has 1 atom stereocenters. The standard InChI is InChI=1S/C12H16FNO.ClH/c1-14(2)8-11-12-9(6-7-15-11)4-3-5-10(12)13;/h3-5,11H,6-8H2,1-2H3;1H/t11-;/m0./s1. The van der Waals surface area contributed by atoms with Crippen LogP contribution in [0, 0.1) is 5.82 Å². The smallest absolute Gasteiger partial charge is 0.129 e. The van der Waals surface area contributed by atoms with E-state index in [0.717, 1.165) is 24.1 Å². The number of likely N-dealkylation sites (N-methyl/N-ethyl adjacent to an activating group) is 1. The lowest BCUT2D eigenvalue weighted by Crippen LogP contribution is -2.27. The van der Waals surface area contributed by atoms with Crippen LogP contribution in [0.25, 0.3) is 0 Å². The molecule has 16 heavy (non-hydrogen) atoms. The molecule has 0 unspecified atom stereocenters. The number of rotatable bonds is 2. The third-order valence-corrected chi connectivity index (χ3v) is 2.69. The van der Waals surface area contributed by atoms with Crippen LogP contribution >= 0.6 is 12.4 Å². The second-order valence-corrected chi connectivity index (χ2v) is 4.18. The summed E-state index contributed by atoms with van der Waals surface area (Å²) in [5.41, 5.74) is 1.84. The molecule has 0 fully saturated rings. The Morgan fingerprint density at radius 2 is 2.19 bits per heavy atom. The molecule has 0 bridgehead atoms. The predicted octanol–water partition coefficient (Wildman–Crippen LogP) is 2.42. The van der Waals surface area contributed by atoms with E-state index in [1.807, 2.05) is 25.1 Å². The molecule has 1 aliphatic rings. The van der Waals surface area contributed by atoms with Gasteiger partial charge in [0.15, 0.2) is 0 Å². The van der Waals surface area contributed by atoms with Crippen LogP contribution < -0.4 is 0 Å². The van der Waals surface area contributed by atoms with Crippen molar-refractivity contribution in [3.63, 3.8) is 0 Å². The van der Waals surface area contributed by atoms with Crippen molar-refractivity contribution in [2.24, 2.45) is 0 Å². The van der Waals surface area contributed by atoms with Gasteiger partial charge in [-0.1, -0.05) is 12.1 Å². The summed E-state index contributed by atoms with van der Waals surface area (Å²) in [7, 11) is 3.94. The third-order valence-electron chi connectivity index (χ3n) is 2.69. The van der Waals surface area contributed by atoms with Gasteiger partial charge in [0.25, 0.3) is 0 Å². The fourth-order valence-corrected chi connectivity index (χ4v) is 2.03. The minimum atomic E-state index is -0.140. The highest BCUT2D eigenvalue weighted by atomic mass is 35.5.